The molecule has 0 aliphatic rings. The lowest BCUT2D eigenvalue weighted by molar-refractivity contribution is 2.36. The molecular weight excluding hydrogens is 98.5 g/mol. The highest BCUT2D eigenvalue weighted by atomic mass is 13.0. The Bertz CT molecular complexity index is 69.0. The van der Waals surface area contributed by atoms with Crippen molar-refractivity contribution < 1.29 is 0 Å². The number of hydrogen-bond acceptors (Lipinski definition) is 0. The Labute approximate surface area is 64.7 Å². The lowest BCUT2D eigenvalue weighted by atomic mass is 8.66. The average Bonchev–Trinajstić information content (AvgIpc) is 1.84. The van der Waals surface area contributed by atoms with Crippen LogP contribution in [0.3, 0.4) is 0 Å². The Morgan fingerprint density at radius 2 is 1.56 bits per heavy atom. The van der Waals surface area contributed by atoms with E-state index in [-0.39, 0.29) is 12.8 Å². The molecule has 0 N–H and O–H groups in total. The molecule has 31 valence electrons. The third kappa shape index (κ3) is 3.27. The van der Waals surface area contributed by atoms with Gasteiger partial charge < -0.3 is 0 Å². The molecule has 8 heteroatoms. The highest BCUT2D eigenvalue weighted by Crippen LogP contribution is 1.80. The van der Waals surface area contributed by atoms with E-state index in [1.807, 2.05) is 6.82 Å². The van der Waals surface area contributed by atoms with Gasteiger partial charge in [-0.2, -0.15) is 0 Å². The second kappa shape index (κ2) is 4.35. The molecule has 9 radical (unpaired) electrons. The number of hydrogen-bond donors (Lipinski definition) is 0. The molecule has 0 saturated carbocycles. The van der Waals surface area contributed by atoms with Crippen LogP contribution in [0.5, 0.6) is 0 Å². The van der Waals surface area contributed by atoms with Crippen LogP contribution in [0.25, 0.3) is 0 Å². The molecule has 0 rings (SSSR count). The molecule has 0 aromatic rings. The molecule has 0 aromatic heterocycles. The van der Waals surface area contributed by atoms with Gasteiger partial charge in [0.15, 0.2) is 0 Å². The summed E-state index contributed by atoms with van der Waals surface area (Å²) in [4.78, 5) is 0. The molecule has 0 spiro atoms. The summed E-state index contributed by atoms with van der Waals surface area (Å²) < 4.78 is 0. The van der Waals surface area contributed by atoms with Gasteiger partial charge in [-0.25, -0.2) is 0 Å². The van der Waals surface area contributed by atoms with Crippen molar-refractivity contribution in [2.45, 2.75) is 6.82 Å². The zero-order valence-corrected chi connectivity index (χ0v) is 5.62. The van der Waals surface area contributed by atoms with Crippen molar-refractivity contribution in [2.24, 2.45) is 0 Å². The molecule has 0 aliphatic carbocycles. The van der Waals surface area contributed by atoms with E-state index in [0.29, 0.717) is 0 Å². The first-order valence-corrected chi connectivity index (χ1v) is 2.91. The van der Waals surface area contributed by atoms with Gasteiger partial charge >= 0.3 is 0 Å². The topological polar surface area (TPSA) is 0 Å². The Balaban J connectivity index is 3.58. The molecule has 0 fully saturated rings. The van der Waals surface area contributed by atoms with Crippen molar-refractivity contribution in [3.8, 4) is 0 Å². The third-order valence-corrected chi connectivity index (χ3v) is 1.27. The molecular formula is CH3B8. The summed E-state index contributed by atoms with van der Waals surface area (Å²) in [6.45, 7) is 1.83. The van der Waals surface area contributed by atoms with Crippen LogP contribution in [0.15, 0.2) is 0 Å². The van der Waals surface area contributed by atoms with Gasteiger partial charge in [-0.3, -0.25) is 0 Å². The van der Waals surface area contributed by atoms with E-state index in [1.54, 1.807) is 7.17 Å². The quantitative estimate of drug-likeness (QED) is 0.346. The van der Waals surface area contributed by atoms with Crippen LogP contribution in [0, 0.1) is 0 Å². The minimum absolute atomic E-state index is 0.204. The summed E-state index contributed by atoms with van der Waals surface area (Å²) in [7, 11) is 23.2. The fourth-order valence-electron chi connectivity index (χ4n) is 0.479. The second-order valence-electron chi connectivity index (χ2n) is 2.07. The minimum atomic E-state index is -0.531. The fourth-order valence-corrected chi connectivity index (χ4v) is 0.479. The van der Waals surface area contributed by atoms with Crippen molar-refractivity contribution >= 4 is 57.3 Å². The van der Waals surface area contributed by atoms with Crippen molar-refractivity contribution in [1.82, 2.24) is 0 Å². The van der Waals surface area contributed by atoms with Gasteiger partial charge in [-0.05, 0) is 0 Å². The molecule has 0 atom stereocenters. The molecule has 0 unspecified atom stereocenters. The minimum Gasteiger partial charge on any atom is -0.101 e. The SMILES string of the molecule is [B]B([B])B([B])B([B])[B]C. The Kier molecular flexibility index (Phi) is 4.60. The summed E-state index contributed by atoms with van der Waals surface area (Å²) in [5, 5.41) is 0. The normalized spacial score (nSPS) is 8.11. The maximum Gasteiger partial charge on any atom is 0.0502 e. The molecule has 0 aliphatic heterocycles. The van der Waals surface area contributed by atoms with Gasteiger partial charge in [0, 0.05) is 50.1 Å². The predicted octanol–water partition coefficient (Wildman–Crippen LogP) is -2.46. The summed E-state index contributed by atoms with van der Waals surface area (Å²) in [5.74, 6) is 0. The van der Waals surface area contributed by atoms with Gasteiger partial charge in [0.05, 0.1) is 7.17 Å². The highest BCUT2D eigenvalue weighted by Gasteiger charge is 2.17. The highest BCUT2D eigenvalue weighted by molar-refractivity contribution is 7.90. The smallest absolute Gasteiger partial charge is 0.0502 e. The summed E-state index contributed by atoms with van der Waals surface area (Å²) in [6.07, 6.45) is -1.07. The Morgan fingerprint density at radius 1 is 1.11 bits per heavy atom. The monoisotopic (exact) mass is 103 g/mol. The van der Waals surface area contributed by atoms with E-state index < -0.39 is 6.39 Å². The standard InChI is InChI=1S/CH3B8/c1-6-8(4)9(5)7(2)3/h1H3. The molecule has 9 heavy (non-hydrogen) atoms. The summed E-state index contributed by atoms with van der Waals surface area (Å²) in [6, 6.07) is 0. The van der Waals surface area contributed by atoms with Crippen LogP contribution in [0.4, 0.5) is 0 Å². The largest absolute Gasteiger partial charge is 0.101 e. The van der Waals surface area contributed by atoms with Crippen LogP contribution in [-0.2, 0) is 0 Å². The lowest BCUT2D eigenvalue weighted by Gasteiger charge is -2.16. The predicted molar refractivity (Wildman–Crippen MR) is 51.9 cm³/mol. The first-order chi connectivity index (χ1) is 4.09. The van der Waals surface area contributed by atoms with E-state index in [2.05, 4.69) is 0 Å². The first-order valence-electron chi connectivity index (χ1n) is 2.91. The molecule has 0 bridgehead atoms. The van der Waals surface area contributed by atoms with E-state index in [1.165, 1.54) is 0 Å². The van der Waals surface area contributed by atoms with Crippen molar-refractivity contribution in [3.63, 3.8) is 0 Å². The number of rotatable bonds is 3. The van der Waals surface area contributed by atoms with Crippen molar-refractivity contribution in [2.75, 3.05) is 0 Å². The molecule has 0 saturated heterocycles. The van der Waals surface area contributed by atoms with E-state index >= 15 is 0 Å². The average molecular weight is 102 g/mol. The maximum atomic E-state index is 5.48. The van der Waals surface area contributed by atoms with E-state index in [4.69, 9.17) is 30.9 Å². The van der Waals surface area contributed by atoms with E-state index in [9.17, 15) is 0 Å². The lowest BCUT2D eigenvalue weighted by Crippen LogP contribution is -2.54. The first kappa shape index (κ1) is 9.52. The van der Waals surface area contributed by atoms with Crippen molar-refractivity contribution in [1.29, 1.82) is 0 Å². The van der Waals surface area contributed by atoms with Gasteiger partial charge in [0.1, 0.15) is 0 Å². The van der Waals surface area contributed by atoms with Gasteiger partial charge in [-0.1, -0.05) is 0 Å². The fraction of sp³-hybridized carbons (Fsp3) is 1.00. The third-order valence-electron chi connectivity index (χ3n) is 1.27. The molecule has 0 aromatic carbocycles. The van der Waals surface area contributed by atoms with Crippen molar-refractivity contribution in [3.05, 3.63) is 0 Å². The maximum absolute atomic E-state index is 5.48. The van der Waals surface area contributed by atoms with Crippen LogP contribution < -0.4 is 0 Å². The van der Waals surface area contributed by atoms with Crippen LogP contribution in [-0.4, -0.2) is 57.3 Å². The molecule has 0 heterocycles. The van der Waals surface area contributed by atoms with Gasteiger partial charge in [0.2, 0.25) is 0 Å². The molecule has 0 nitrogen and oxygen atoms in total. The van der Waals surface area contributed by atoms with Gasteiger partial charge in [0.25, 0.3) is 0 Å². The Hall–Kier alpha value is 0.519. The summed E-state index contributed by atoms with van der Waals surface area (Å²) >= 11 is 0. The second-order valence-corrected chi connectivity index (χ2v) is 2.07. The van der Waals surface area contributed by atoms with E-state index in [0.717, 1.165) is 0 Å². The summed E-state index contributed by atoms with van der Waals surface area (Å²) in [5.41, 5.74) is 0. The van der Waals surface area contributed by atoms with Crippen LogP contribution in [0.1, 0.15) is 0 Å². The zero-order chi connectivity index (χ0) is 7.44. The van der Waals surface area contributed by atoms with Gasteiger partial charge in [-0.15, -0.1) is 6.82 Å². The van der Waals surface area contributed by atoms with Crippen LogP contribution >= 0.6 is 0 Å². The zero-order valence-electron chi connectivity index (χ0n) is 5.62. The molecule has 0 amide bonds. The Morgan fingerprint density at radius 3 is 1.67 bits per heavy atom. The van der Waals surface area contributed by atoms with Crippen LogP contribution in [0.2, 0.25) is 6.82 Å².